The van der Waals surface area contributed by atoms with Gasteiger partial charge in [-0.25, -0.2) is 0 Å². The number of hydrogen-bond donors (Lipinski definition) is 1. The van der Waals surface area contributed by atoms with Gasteiger partial charge in [0.15, 0.2) is 0 Å². The topological polar surface area (TPSA) is 35.2 Å². The van der Waals surface area contributed by atoms with Crippen molar-refractivity contribution in [2.75, 3.05) is 7.11 Å². The molecule has 2 nitrogen and oxygen atoms in total. The van der Waals surface area contributed by atoms with Gasteiger partial charge in [0.05, 0.1) is 12.1 Å². The van der Waals surface area contributed by atoms with Gasteiger partial charge in [0, 0.05) is 7.11 Å². The molecule has 0 radical (unpaired) electrons. The maximum Gasteiger partial charge on any atom is 0.0763 e. The first-order valence-corrected chi connectivity index (χ1v) is 6.79. The molecule has 2 unspecified atom stereocenters. The summed E-state index contributed by atoms with van der Waals surface area (Å²) in [6, 6.07) is 8.57. The Morgan fingerprint density at radius 2 is 1.72 bits per heavy atom. The molecule has 0 bridgehead atoms. The molecule has 0 fully saturated rings. The van der Waals surface area contributed by atoms with Crippen LogP contribution in [0, 0.1) is 0 Å². The third kappa shape index (κ3) is 3.82. The van der Waals surface area contributed by atoms with E-state index in [0.717, 1.165) is 18.4 Å². The Morgan fingerprint density at radius 1 is 1.17 bits per heavy atom. The molecule has 2 heteroatoms. The largest absolute Gasteiger partial charge is 0.379 e. The zero-order chi connectivity index (χ0) is 13.8. The Morgan fingerprint density at radius 3 is 2.11 bits per heavy atom. The maximum absolute atomic E-state index is 6.27. The van der Waals surface area contributed by atoms with Crippen LogP contribution >= 0.6 is 0 Å². The van der Waals surface area contributed by atoms with Crippen LogP contribution in [-0.4, -0.2) is 13.2 Å². The Kier molecular flexibility index (Phi) is 5.36. The van der Waals surface area contributed by atoms with Gasteiger partial charge in [-0.05, 0) is 23.0 Å². The molecule has 2 N–H and O–H groups in total. The van der Waals surface area contributed by atoms with Gasteiger partial charge in [-0.3, -0.25) is 0 Å². The molecular formula is C16H27NO. The lowest BCUT2D eigenvalue weighted by atomic mass is 9.86. The average molecular weight is 249 g/mol. The molecule has 18 heavy (non-hydrogen) atoms. The normalized spacial score (nSPS) is 15.4. The van der Waals surface area contributed by atoms with Crippen LogP contribution in [0.4, 0.5) is 0 Å². The minimum Gasteiger partial charge on any atom is -0.379 e. The van der Waals surface area contributed by atoms with Crippen LogP contribution in [0.25, 0.3) is 0 Å². The van der Waals surface area contributed by atoms with Crippen LogP contribution in [0.2, 0.25) is 0 Å². The zero-order valence-electron chi connectivity index (χ0n) is 12.4. The van der Waals surface area contributed by atoms with Crippen molar-refractivity contribution in [1.82, 2.24) is 0 Å². The van der Waals surface area contributed by atoms with Gasteiger partial charge in [-0.15, -0.1) is 0 Å². The number of nitrogens with two attached hydrogens (primary N) is 1. The highest BCUT2D eigenvalue weighted by atomic mass is 16.5. The van der Waals surface area contributed by atoms with Gasteiger partial charge in [0.25, 0.3) is 0 Å². The van der Waals surface area contributed by atoms with Gasteiger partial charge in [-0.1, -0.05) is 58.4 Å². The highest BCUT2D eigenvalue weighted by Gasteiger charge is 2.19. The highest BCUT2D eigenvalue weighted by molar-refractivity contribution is 5.29. The lowest BCUT2D eigenvalue weighted by molar-refractivity contribution is 0.0725. The average Bonchev–Trinajstić information content (AvgIpc) is 2.34. The van der Waals surface area contributed by atoms with Crippen LogP contribution in [0.15, 0.2) is 24.3 Å². The van der Waals surface area contributed by atoms with E-state index in [4.69, 9.17) is 10.5 Å². The maximum atomic E-state index is 6.27. The van der Waals surface area contributed by atoms with E-state index in [0.29, 0.717) is 0 Å². The summed E-state index contributed by atoms with van der Waals surface area (Å²) in [5.41, 5.74) is 8.95. The van der Waals surface area contributed by atoms with Crippen LogP contribution < -0.4 is 5.73 Å². The summed E-state index contributed by atoms with van der Waals surface area (Å²) in [5.74, 6) is 0. The van der Waals surface area contributed by atoms with E-state index >= 15 is 0 Å². The molecule has 0 spiro atoms. The van der Waals surface area contributed by atoms with Gasteiger partial charge >= 0.3 is 0 Å². The minimum absolute atomic E-state index is 0.0380. The summed E-state index contributed by atoms with van der Waals surface area (Å²) in [4.78, 5) is 0. The smallest absolute Gasteiger partial charge is 0.0763 e. The summed E-state index contributed by atoms with van der Waals surface area (Å²) < 4.78 is 5.48. The number of rotatable bonds is 5. The lowest BCUT2D eigenvalue weighted by Crippen LogP contribution is -2.28. The molecule has 0 heterocycles. The van der Waals surface area contributed by atoms with Crippen molar-refractivity contribution in [1.29, 1.82) is 0 Å². The molecule has 0 aromatic heterocycles. The predicted octanol–water partition coefficient (Wildman–Crippen LogP) is 3.80. The van der Waals surface area contributed by atoms with E-state index in [2.05, 4.69) is 52.0 Å². The standard InChI is InChI=1S/C16H27NO/c1-6-7-14(18-5)15(17)12-8-10-13(11-9-12)16(2,3)4/h8-11,14-15H,6-7,17H2,1-5H3. The molecule has 2 atom stereocenters. The highest BCUT2D eigenvalue weighted by Crippen LogP contribution is 2.25. The molecule has 0 saturated carbocycles. The first-order valence-electron chi connectivity index (χ1n) is 6.79. The Balaban J connectivity index is 2.84. The SMILES string of the molecule is CCCC(OC)C(N)c1ccc(C(C)(C)C)cc1. The zero-order valence-corrected chi connectivity index (χ0v) is 12.4. The van der Waals surface area contributed by atoms with E-state index in [1.807, 2.05) is 0 Å². The van der Waals surface area contributed by atoms with Crippen molar-refractivity contribution >= 4 is 0 Å². The van der Waals surface area contributed by atoms with Crippen molar-refractivity contribution in [3.8, 4) is 0 Å². The van der Waals surface area contributed by atoms with Crippen molar-refractivity contribution in [3.63, 3.8) is 0 Å². The second-order valence-corrected chi connectivity index (χ2v) is 5.96. The first-order chi connectivity index (χ1) is 8.40. The summed E-state index contributed by atoms with van der Waals surface area (Å²) >= 11 is 0. The molecule has 0 amide bonds. The van der Waals surface area contributed by atoms with Crippen LogP contribution in [0.3, 0.4) is 0 Å². The van der Waals surface area contributed by atoms with E-state index in [9.17, 15) is 0 Å². The molecular weight excluding hydrogens is 222 g/mol. The predicted molar refractivity (Wildman–Crippen MR) is 77.8 cm³/mol. The molecule has 1 aromatic carbocycles. The van der Waals surface area contributed by atoms with E-state index in [1.165, 1.54) is 5.56 Å². The van der Waals surface area contributed by atoms with E-state index in [1.54, 1.807) is 7.11 Å². The van der Waals surface area contributed by atoms with Crippen molar-refractivity contribution in [2.45, 2.75) is 58.1 Å². The van der Waals surface area contributed by atoms with Crippen LogP contribution in [0.1, 0.15) is 57.7 Å². The summed E-state index contributed by atoms with van der Waals surface area (Å²) in [6.45, 7) is 8.81. The molecule has 0 aliphatic heterocycles. The molecule has 102 valence electrons. The Bertz CT molecular complexity index is 350. The fraction of sp³-hybridized carbons (Fsp3) is 0.625. The Labute approximate surface area is 112 Å². The van der Waals surface area contributed by atoms with Gasteiger partial charge in [-0.2, -0.15) is 0 Å². The molecule has 1 aromatic rings. The summed E-state index contributed by atoms with van der Waals surface area (Å²) in [7, 11) is 1.74. The second-order valence-electron chi connectivity index (χ2n) is 5.96. The Hall–Kier alpha value is -0.860. The third-order valence-electron chi connectivity index (χ3n) is 3.44. The summed E-state index contributed by atoms with van der Waals surface area (Å²) in [5, 5.41) is 0. The fourth-order valence-corrected chi connectivity index (χ4v) is 2.15. The molecule has 1 rings (SSSR count). The molecule has 0 aliphatic carbocycles. The number of ether oxygens (including phenoxy) is 1. The second kappa shape index (κ2) is 6.35. The van der Waals surface area contributed by atoms with Crippen molar-refractivity contribution in [3.05, 3.63) is 35.4 Å². The molecule has 0 saturated heterocycles. The first kappa shape index (κ1) is 15.2. The van der Waals surface area contributed by atoms with Gasteiger partial charge in [0.1, 0.15) is 0 Å². The number of benzene rings is 1. The van der Waals surface area contributed by atoms with Crippen molar-refractivity contribution < 1.29 is 4.74 Å². The fourth-order valence-electron chi connectivity index (χ4n) is 2.15. The van der Waals surface area contributed by atoms with Gasteiger partial charge in [0.2, 0.25) is 0 Å². The van der Waals surface area contributed by atoms with Crippen LogP contribution in [-0.2, 0) is 10.2 Å². The van der Waals surface area contributed by atoms with E-state index in [-0.39, 0.29) is 17.6 Å². The lowest BCUT2D eigenvalue weighted by Gasteiger charge is -2.24. The molecule has 0 aliphatic rings. The van der Waals surface area contributed by atoms with Crippen molar-refractivity contribution in [2.24, 2.45) is 5.73 Å². The van der Waals surface area contributed by atoms with Gasteiger partial charge < -0.3 is 10.5 Å². The monoisotopic (exact) mass is 249 g/mol. The summed E-state index contributed by atoms with van der Waals surface area (Å²) in [6.07, 6.45) is 2.20. The van der Waals surface area contributed by atoms with Crippen LogP contribution in [0.5, 0.6) is 0 Å². The number of methoxy groups -OCH3 is 1. The minimum atomic E-state index is -0.0380. The third-order valence-corrected chi connectivity index (χ3v) is 3.44. The quantitative estimate of drug-likeness (QED) is 0.861. The number of hydrogen-bond acceptors (Lipinski definition) is 2. The van der Waals surface area contributed by atoms with E-state index < -0.39 is 0 Å².